The topological polar surface area (TPSA) is 40.5 Å². The van der Waals surface area contributed by atoms with Crippen LogP contribution in [-0.4, -0.2) is 42.5 Å². The fourth-order valence-electron chi connectivity index (χ4n) is 1.90. The van der Waals surface area contributed by atoms with Gasteiger partial charge in [0.2, 0.25) is 0 Å². The Morgan fingerprint density at radius 2 is 2.14 bits per heavy atom. The Hall–Kier alpha value is -0.370. The minimum atomic E-state index is 0. The SMILES string of the molecule is CCCCN(C)C(=NCCCc1nc(C)cs1)NCC.I. The normalized spacial score (nSPS) is 11.1. The third-order valence-electron chi connectivity index (χ3n) is 3.02. The van der Waals surface area contributed by atoms with E-state index in [1.165, 1.54) is 17.8 Å². The highest BCUT2D eigenvalue weighted by Gasteiger charge is 2.04. The number of guanidine groups is 1. The van der Waals surface area contributed by atoms with Crippen molar-refractivity contribution in [2.75, 3.05) is 26.7 Å². The van der Waals surface area contributed by atoms with Gasteiger partial charge in [-0.05, 0) is 26.7 Å². The molecule has 1 aromatic rings. The maximum atomic E-state index is 4.70. The van der Waals surface area contributed by atoms with Gasteiger partial charge in [-0.15, -0.1) is 35.3 Å². The van der Waals surface area contributed by atoms with Gasteiger partial charge in [-0.25, -0.2) is 4.98 Å². The number of hydrogen-bond acceptors (Lipinski definition) is 3. The van der Waals surface area contributed by atoms with Crippen molar-refractivity contribution in [3.8, 4) is 0 Å². The van der Waals surface area contributed by atoms with E-state index < -0.39 is 0 Å². The average Bonchev–Trinajstić information content (AvgIpc) is 2.85. The van der Waals surface area contributed by atoms with E-state index in [0.717, 1.165) is 44.1 Å². The van der Waals surface area contributed by atoms with Gasteiger partial charge in [-0.3, -0.25) is 4.99 Å². The molecule has 0 aliphatic heterocycles. The van der Waals surface area contributed by atoms with Crippen molar-refractivity contribution in [1.29, 1.82) is 0 Å². The number of rotatable bonds is 8. The molecule has 0 aliphatic rings. The smallest absolute Gasteiger partial charge is 0.193 e. The standard InChI is InChI=1S/C15H28N4S.HI/c1-5-7-11-19(4)15(16-6-2)17-10-8-9-14-18-13(3)12-20-14;/h12H,5-11H2,1-4H3,(H,16,17);1H. The molecule has 6 heteroatoms. The Bertz CT molecular complexity index is 406. The summed E-state index contributed by atoms with van der Waals surface area (Å²) in [5.74, 6) is 1.02. The summed E-state index contributed by atoms with van der Waals surface area (Å²) in [6.45, 7) is 9.21. The van der Waals surface area contributed by atoms with Crippen molar-refractivity contribution in [2.45, 2.75) is 46.5 Å². The van der Waals surface area contributed by atoms with Gasteiger partial charge in [0.25, 0.3) is 0 Å². The minimum absolute atomic E-state index is 0. The molecule has 1 rings (SSSR count). The summed E-state index contributed by atoms with van der Waals surface area (Å²) in [6.07, 6.45) is 4.51. The van der Waals surface area contributed by atoms with Crippen LogP contribution in [0.2, 0.25) is 0 Å². The van der Waals surface area contributed by atoms with Gasteiger partial charge in [0, 0.05) is 44.2 Å². The fourth-order valence-corrected chi connectivity index (χ4v) is 2.72. The molecule has 21 heavy (non-hydrogen) atoms. The highest BCUT2D eigenvalue weighted by atomic mass is 127. The van der Waals surface area contributed by atoms with E-state index in [2.05, 4.69) is 41.5 Å². The number of hydrogen-bond donors (Lipinski definition) is 1. The van der Waals surface area contributed by atoms with Crippen LogP contribution in [-0.2, 0) is 6.42 Å². The van der Waals surface area contributed by atoms with Crippen LogP contribution in [0.3, 0.4) is 0 Å². The quantitative estimate of drug-likeness (QED) is 0.300. The first kappa shape index (κ1) is 20.6. The summed E-state index contributed by atoms with van der Waals surface area (Å²) in [6, 6.07) is 0. The lowest BCUT2D eigenvalue weighted by Gasteiger charge is -2.21. The Balaban J connectivity index is 0.00000400. The summed E-state index contributed by atoms with van der Waals surface area (Å²) in [5.41, 5.74) is 1.13. The first-order chi connectivity index (χ1) is 9.67. The Morgan fingerprint density at radius 1 is 1.38 bits per heavy atom. The lowest BCUT2D eigenvalue weighted by molar-refractivity contribution is 0.464. The lowest BCUT2D eigenvalue weighted by atomic mass is 10.3. The maximum absolute atomic E-state index is 4.70. The third kappa shape index (κ3) is 8.60. The van der Waals surface area contributed by atoms with E-state index in [9.17, 15) is 0 Å². The van der Waals surface area contributed by atoms with E-state index in [1.807, 2.05) is 6.92 Å². The molecule has 0 atom stereocenters. The number of thiazole rings is 1. The second-order valence-electron chi connectivity index (χ2n) is 5.00. The van der Waals surface area contributed by atoms with Crippen molar-refractivity contribution < 1.29 is 0 Å². The van der Waals surface area contributed by atoms with Crippen LogP contribution in [0.4, 0.5) is 0 Å². The molecule has 1 N–H and O–H groups in total. The van der Waals surface area contributed by atoms with Crippen LogP contribution >= 0.6 is 35.3 Å². The van der Waals surface area contributed by atoms with Crippen molar-refractivity contribution in [2.24, 2.45) is 4.99 Å². The molecule has 0 bridgehead atoms. The molecule has 0 saturated carbocycles. The largest absolute Gasteiger partial charge is 0.357 e. The van der Waals surface area contributed by atoms with Crippen molar-refractivity contribution in [1.82, 2.24) is 15.2 Å². The molecule has 0 aromatic carbocycles. The molecular weight excluding hydrogens is 395 g/mol. The van der Waals surface area contributed by atoms with Gasteiger partial charge in [0.15, 0.2) is 5.96 Å². The van der Waals surface area contributed by atoms with E-state index >= 15 is 0 Å². The van der Waals surface area contributed by atoms with Gasteiger partial charge in [-0.2, -0.15) is 0 Å². The van der Waals surface area contributed by atoms with Crippen LogP contribution < -0.4 is 5.32 Å². The molecular formula is C15H29IN4S. The monoisotopic (exact) mass is 424 g/mol. The zero-order valence-corrected chi connectivity index (χ0v) is 16.8. The van der Waals surface area contributed by atoms with Gasteiger partial charge in [-0.1, -0.05) is 13.3 Å². The van der Waals surface area contributed by atoms with Crippen LogP contribution in [0.25, 0.3) is 0 Å². The predicted octanol–water partition coefficient (Wildman–Crippen LogP) is 3.70. The van der Waals surface area contributed by atoms with Crippen molar-refractivity contribution in [3.05, 3.63) is 16.1 Å². The Morgan fingerprint density at radius 3 is 2.71 bits per heavy atom. The van der Waals surface area contributed by atoms with Gasteiger partial charge in [0.05, 0.1) is 5.01 Å². The molecule has 0 fully saturated rings. The average molecular weight is 424 g/mol. The lowest BCUT2D eigenvalue weighted by Crippen LogP contribution is -2.39. The minimum Gasteiger partial charge on any atom is -0.357 e. The third-order valence-corrected chi connectivity index (χ3v) is 4.05. The molecule has 122 valence electrons. The van der Waals surface area contributed by atoms with Gasteiger partial charge >= 0.3 is 0 Å². The highest BCUT2D eigenvalue weighted by molar-refractivity contribution is 14.0. The van der Waals surface area contributed by atoms with Crippen LogP contribution in [0.15, 0.2) is 10.4 Å². The Labute approximate surface area is 150 Å². The Kier molecular flexibility index (Phi) is 12.0. The van der Waals surface area contributed by atoms with E-state index in [1.54, 1.807) is 11.3 Å². The zero-order valence-electron chi connectivity index (χ0n) is 13.7. The number of nitrogens with one attached hydrogen (secondary N) is 1. The molecule has 0 radical (unpaired) electrons. The van der Waals surface area contributed by atoms with Crippen LogP contribution in [0.5, 0.6) is 0 Å². The molecule has 1 aromatic heterocycles. The summed E-state index contributed by atoms with van der Waals surface area (Å²) >= 11 is 1.75. The first-order valence-electron chi connectivity index (χ1n) is 7.57. The van der Waals surface area contributed by atoms with Gasteiger partial charge in [0.1, 0.15) is 0 Å². The number of aromatic nitrogens is 1. The van der Waals surface area contributed by atoms with Crippen LogP contribution in [0, 0.1) is 6.92 Å². The summed E-state index contributed by atoms with van der Waals surface area (Å²) in [5, 5.41) is 6.69. The van der Waals surface area contributed by atoms with Crippen molar-refractivity contribution >= 4 is 41.3 Å². The number of nitrogens with zero attached hydrogens (tertiary/aromatic N) is 3. The fraction of sp³-hybridized carbons (Fsp3) is 0.733. The zero-order chi connectivity index (χ0) is 14.8. The number of unbranched alkanes of at least 4 members (excludes halogenated alkanes) is 1. The molecule has 0 saturated heterocycles. The maximum Gasteiger partial charge on any atom is 0.193 e. The molecule has 0 unspecified atom stereocenters. The summed E-state index contributed by atoms with van der Waals surface area (Å²) in [7, 11) is 2.11. The number of aliphatic imine (C=N–C) groups is 1. The van der Waals surface area contributed by atoms with Crippen LogP contribution in [0.1, 0.15) is 43.8 Å². The second kappa shape index (κ2) is 12.2. The van der Waals surface area contributed by atoms with E-state index in [4.69, 9.17) is 4.99 Å². The van der Waals surface area contributed by atoms with E-state index in [0.29, 0.717) is 0 Å². The molecule has 0 spiro atoms. The second-order valence-corrected chi connectivity index (χ2v) is 5.94. The molecule has 0 amide bonds. The number of halogens is 1. The summed E-state index contributed by atoms with van der Waals surface area (Å²) in [4.78, 5) is 11.4. The first-order valence-corrected chi connectivity index (χ1v) is 8.45. The van der Waals surface area contributed by atoms with Gasteiger partial charge < -0.3 is 10.2 Å². The molecule has 0 aliphatic carbocycles. The molecule has 1 heterocycles. The van der Waals surface area contributed by atoms with Crippen molar-refractivity contribution in [3.63, 3.8) is 0 Å². The number of aryl methyl sites for hydroxylation is 2. The molecule has 4 nitrogen and oxygen atoms in total. The predicted molar refractivity (Wildman–Crippen MR) is 104 cm³/mol. The summed E-state index contributed by atoms with van der Waals surface area (Å²) < 4.78 is 0. The highest BCUT2D eigenvalue weighted by Crippen LogP contribution is 2.10. The van der Waals surface area contributed by atoms with E-state index in [-0.39, 0.29) is 24.0 Å².